The van der Waals surface area contributed by atoms with Crippen LogP contribution in [-0.2, 0) is 11.8 Å². The van der Waals surface area contributed by atoms with E-state index in [-0.39, 0.29) is 11.4 Å². The normalized spacial score (nSPS) is 11.6. The summed E-state index contributed by atoms with van der Waals surface area (Å²) in [5, 5.41) is 2.46. The molecule has 54 heavy (non-hydrogen) atoms. The van der Waals surface area contributed by atoms with Gasteiger partial charge in [0.25, 0.3) is 0 Å². The minimum Gasteiger partial charge on any atom is -0.423 e. The molecule has 0 aliphatic carbocycles. The van der Waals surface area contributed by atoms with Crippen molar-refractivity contribution in [3.8, 4) is 28.0 Å². The second-order valence-corrected chi connectivity index (χ2v) is 15.5. The fourth-order valence-electron chi connectivity index (χ4n) is 7.18. The second-order valence-electron chi connectivity index (χ2n) is 15.5. The highest BCUT2D eigenvalue weighted by Gasteiger charge is 2.19. The minimum atomic E-state index is -0.376. The van der Waals surface area contributed by atoms with Crippen LogP contribution in [0.3, 0.4) is 0 Å². The van der Waals surface area contributed by atoms with Gasteiger partial charge >= 0.3 is 5.97 Å². The van der Waals surface area contributed by atoms with Crippen molar-refractivity contribution < 1.29 is 9.53 Å². The van der Waals surface area contributed by atoms with E-state index in [4.69, 9.17) is 4.74 Å². The number of ether oxygens (including phenoxy) is 1. The van der Waals surface area contributed by atoms with Crippen LogP contribution >= 0.6 is 0 Å². The van der Waals surface area contributed by atoms with Crippen LogP contribution in [0.2, 0.25) is 0 Å². The lowest BCUT2D eigenvalue weighted by Gasteiger charge is -2.28. The monoisotopic (exact) mass is 707 g/mol. The molecule has 3 heteroatoms. The van der Waals surface area contributed by atoms with Crippen LogP contribution in [0.25, 0.3) is 33.0 Å². The third-order valence-corrected chi connectivity index (χ3v) is 10.5. The average molecular weight is 708 g/mol. The fraction of sp³-hybridized carbons (Fsp3) is 0.196. The first-order chi connectivity index (χ1) is 26.0. The predicted molar refractivity (Wildman–Crippen MR) is 228 cm³/mol. The highest BCUT2D eigenvalue weighted by Crippen LogP contribution is 2.41. The maximum atomic E-state index is 13.2. The van der Waals surface area contributed by atoms with E-state index < -0.39 is 0 Å². The third-order valence-electron chi connectivity index (χ3n) is 10.5. The molecule has 0 aliphatic heterocycles. The lowest BCUT2D eigenvalue weighted by molar-refractivity contribution is 0.0735. The van der Waals surface area contributed by atoms with Gasteiger partial charge in [-0.2, -0.15) is 0 Å². The molecule has 0 amide bonds. The summed E-state index contributed by atoms with van der Waals surface area (Å²) in [6, 6.07) is 52.9. The smallest absolute Gasteiger partial charge is 0.343 e. The molecule has 3 nitrogen and oxygen atoms in total. The summed E-state index contributed by atoms with van der Waals surface area (Å²) >= 11 is 0. The molecule has 0 aromatic heterocycles. The van der Waals surface area contributed by atoms with Gasteiger partial charge in [-0.25, -0.2) is 4.79 Å². The van der Waals surface area contributed by atoms with Crippen molar-refractivity contribution in [2.75, 3.05) is 4.90 Å². The molecule has 0 atom stereocenters. The van der Waals surface area contributed by atoms with Crippen LogP contribution in [0.1, 0.15) is 80.1 Å². The van der Waals surface area contributed by atoms with E-state index >= 15 is 0 Å². The Labute approximate surface area is 320 Å². The predicted octanol–water partition coefficient (Wildman–Crippen LogP) is 14.2. The van der Waals surface area contributed by atoms with Crippen molar-refractivity contribution in [2.45, 2.75) is 66.2 Å². The van der Waals surface area contributed by atoms with Gasteiger partial charge in [-0.15, -0.1) is 0 Å². The van der Waals surface area contributed by atoms with Gasteiger partial charge in [0.2, 0.25) is 0 Å². The molecule has 0 saturated heterocycles. The number of aryl methyl sites for hydroxylation is 2. The number of esters is 1. The largest absolute Gasteiger partial charge is 0.423 e. The molecule has 0 saturated carbocycles. The molecule has 0 unspecified atom stereocenters. The first-order valence-electron chi connectivity index (χ1n) is 19.0. The van der Waals surface area contributed by atoms with Gasteiger partial charge in [-0.05, 0) is 129 Å². The molecule has 0 radical (unpaired) electrons. The van der Waals surface area contributed by atoms with Gasteiger partial charge in [0.15, 0.2) is 0 Å². The van der Waals surface area contributed by atoms with Gasteiger partial charge in [0.05, 0.1) is 11.3 Å². The van der Waals surface area contributed by atoms with Crippen LogP contribution in [0, 0.1) is 6.92 Å². The maximum Gasteiger partial charge on any atom is 0.343 e. The summed E-state index contributed by atoms with van der Waals surface area (Å²) in [5.41, 5.74) is 13.5. The Morgan fingerprint density at radius 1 is 0.648 bits per heavy atom. The number of anilines is 3. The summed E-state index contributed by atoms with van der Waals surface area (Å²) in [4.78, 5) is 15.5. The molecule has 0 bridgehead atoms. The summed E-state index contributed by atoms with van der Waals surface area (Å²) in [6.07, 6.45) is 0.958. The lowest BCUT2D eigenvalue weighted by atomic mass is 9.87. The van der Waals surface area contributed by atoms with Crippen LogP contribution < -0.4 is 9.64 Å². The van der Waals surface area contributed by atoms with E-state index in [9.17, 15) is 4.79 Å². The zero-order valence-electron chi connectivity index (χ0n) is 32.5. The van der Waals surface area contributed by atoms with Gasteiger partial charge in [-0.1, -0.05) is 139 Å². The van der Waals surface area contributed by atoms with Crippen molar-refractivity contribution in [3.05, 3.63) is 179 Å². The molecule has 0 aliphatic rings. The van der Waals surface area contributed by atoms with Gasteiger partial charge in [-0.3, -0.25) is 0 Å². The van der Waals surface area contributed by atoms with Crippen molar-refractivity contribution in [1.29, 1.82) is 0 Å². The van der Waals surface area contributed by atoms with E-state index in [0.717, 1.165) is 40.2 Å². The molecule has 0 spiro atoms. The zero-order chi connectivity index (χ0) is 38.0. The number of carbonyl (C=O) groups excluding carboxylic acids is 1. The molecule has 7 aromatic rings. The number of benzene rings is 7. The first-order valence-corrected chi connectivity index (χ1v) is 19.0. The Kier molecular flexibility index (Phi) is 10.3. The molecular formula is C51H49NO2. The highest BCUT2D eigenvalue weighted by atomic mass is 16.5. The zero-order valence-corrected chi connectivity index (χ0v) is 32.5. The molecular weight excluding hydrogens is 659 g/mol. The Morgan fingerprint density at radius 3 is 1.83 bits per heavy atom. The molecule has 0 fully saturated rings. The van der Waals surface area contributed by atoms with E-state index in [1.54, 1.807) is 0 Å². The van der Waals surface area contributed by atoms with E-state index in [1.807, 2.05) is 48.5 Å². The van der Waals surface area contributed by atoms with Gasteiger partial charge in [0.1, 0.15) is 5.75 Å². The number of nitrogens with zero attached hydrogens (tertiary/aromatic N) is 1. The first kappa shape index (κ1) is 36.4. The number of hydrogen-bond donors (Lipinski definition) is 0. The summed E-state index contributed by atoms with van der Waals surface area (Å²) < 4.78 is 5.80. The molecule has 7 rings (SSSR count). The minimum absolute atomic E-state index is 0.0684. The second kappa shape index (κ2) is 15.2. The highest BCUT2D eigenvalue weighted by molar-refractivity contribution is 6.00. The van der Waals surface area contributed by atoms with E-state index in [1.165, 1.54) is 38.6 Å². The van der Waals surface area contributed by atoms with Crippen molar-refractivity contribution in [3.63, 3.8) is 0 Å². The molecule has 0 N–H and O–H groups in total. The summed E-state index contributed by atoms with van der Waals surface area (Å²) in [6.45, 7) is 15.5. The van der Waals surface area contributed by atoms with Crippen LogP contribution in [0.4, 0.5) is 17.1 Å². The van der Waals surface area contributed by atoms with Crippen molar-refractivity contribution >= 4 is 33.8 Å². The van der Waals surface area contributed by atoms with Crippen LogP contribution in [-0.4, -0.2) is 5.97 Å². The lowest BCUT2D eigenvalue weighted by Crippen LogP contribution is -2.13. The number of hydrogen-bond acceptors (Lipinski definition) is 3. The standard InChI is InChI=1S/C51H49NO2/c1-8-36-15-20-41(34(2)3)33-48(36)39-23-31-45(32-24-39)54-50(53)40-18-16-37(17-19-40)38-21-27-43(28-22-38)52(44-29-25-42(26-30-44)51(5,6)7)49-14-10-12-46-35(4)11-9-13-47(46)49/h9-34H,8H2,1-7H3. The third kappa shape index (κ3) is 7.59. The van der Waals surface area contributed by atoms with Gasteiger partial charge in [0, 0.05) is 16.8 Å². The number of rotatable bonds is 9. The summed E-state index contributed by atoms with van der Waals surface area (Å²) in [5.74, 6) is 0.609. The SMILES string of the molecule is CCc1ccc(C(C)C)cc1-c1ccc(OC(=O)c2ccc(-c3ccc(N(c4ccc(C(C)(C)C)cc4)c4cccc5c(C)cccc45)cc3)cc2)cc1. The average Bonchev–Trinajstić information content (AvgIpc) is 3.18. The summed E-state index contributed by atoms with van der Waals surface area (Å²) in [7, 11) is 0. The molecule has 7 aromatic carbocycles. The Bertz CT molecular complexity index is 2400. The number of carbonyl (C=O) groups is 1. The van der Waals surface area contributed by atoms with Crippen molar-refractivity contribution in [1.82, 2.24) is 0 Å². The Hall–Kier alpha value is -5.93. The van der Waals surface area contributed by atoms with Gasteiger partial charge < -0.3 is 9.64 Å². The van der Waals surface area contributed by atoms with Crippen LogP contribution in [0.15, 0.2) is 152 Å². The quantitative estimate of drug-likeness (QED) is 0.110. The van der Waals surface area contributed by atoms with Crippen LogP contribution in [0.5, 0.6) is 5.75 Å². The van der Waals surface area contributed by atoms with E-state index in [2.05, 4.69) is 156 Å². The Morgan fingerprint density at radius 2 is 1.22 bits per heavy atom. The maximum absolute atomic E-state index is 13.2. The topological polar surface area (TPSA) is 29.5 Å². The fourth-order valence-corrected chi connectivity index (χ4v) is 7.18. The Balaban J connectivity index is 1.11. The molecule has 270 valence electrons. The number of fused-ring (bicyclic) bond motifs is 1. The molecule has 0 heterocycles. The van der Waals surface area contributed by atoms with Crippen molar-refractivity contribution in [2.24, 2.45) is 0 Å². The van der Waals surface area contributed by atoms with E-state index in [0.29, 0.717) is 17.2 Å².